The van der Waals surface area contributed by atoms with Crippen LogP contribution in [0.1, 0.15) is 18.9 Å². The summed E-state index contributed by atoms with van der Waals surface area (Å²) in [7, 11) is 0. The molecule has 0 radical (unpaired) electrons. The standard InChI is InChI=1S/C10H10F3NO2S/c1-2-5-17-9-4-3-7(14(15)16)6-8(9)10(11,12)13/h3-4,6H,2,5H2,1H3. The molecule has 0 atom stereocenters. The number of nitro benzene ring substituents is 1. The minimum absolute atomic E-state index is 0.0324. The van der Waals surface area contributed by atoms with Crippen LogP contribution in [0, 0.1) is 10.1 Å². The topological polar surface area (TPSA) is 43.1 Å². The van der Waals surface area contributed by atoms with Gasteiger partial charge in [0.05, 0.1) is 10.5 Å². The highest BCUT2D eigenvalue weighted by atomic mass is 32.2. The molecule has 1 aromatic carbocycles. The van der Waals surface area contributed by atoms with Crippen LogP contribution in [0.3, 0.4) is 0 Å². The minimum Gasteiger partial charge on any atom is -0.258 e. The van der Waals surface area contributed by atoms with Crippen molar-refractivity contribution < 1.29 is 18.1 Å². The van der Waals surface area contributed by atoms with E-state index in [4.69, 9.17) is 0 Å². The quantitative estimate of drug-likeness (QED) is 0.467. The van der Waals surface area contributed by atoms with Gasteiger partial charge in [-0.3, -0.25) is 10.1 Å². The average molecular weight is 265 g/mol. The molecule has 0 N–H and O–H groups in total. The predicted octanol–water partition coefficient (Wildman–Crippen LogP) is 4.12. The number of nitro groups is 1. The number of rotatable bonds is 4. The molecule has 0 fully saturated rings. The molecule has 0 bridgehead atoms. The molecule has 0 saturated heterocycles. The molecule has 94 valence electrons. The van der Waals surface area contributed by atoms with E-state index in [-0.39, 0.29) is 4.90 Å². The van der Waals surface area contributed by atoms with Crippen LogP contribution in [-0.4, -0.2) is 10.7 Å². The van der Waals surface area contributed by atoms with Crippen LogP contribution in [0.5, 0.6) is 0 Å². The van der Waals surface area contributed by atoms with E-state index in [1.165, 1.54) is 0 Å². The van der Waals surface area contributed by atoms with E-state index < -0.39 is 22.4 Å². The average Bonchev–Trinajstić information content (AvgIpc) is 2.24. The molecule has 1 rings (SSSR count). The fraction of sp³-hybridized carbons (Fsp3) is 0.400. The fourth-order valence-electron chi connectivity index (χ4n) is 1.19. The smallest absolute Gasteiger partial charge is 0.258 e. The van der Waals surface area contributed by atoms with Crippen LogP contribution in [0.4, 0.5) is 18.9 Å². The van der Waals surface area contributed by atoms with Crippen molar-refractivity contribution >= 4 is 17.4 Å². The van der Waals surface area contributed by atoms with Crippen LogP contribution in [0.25, 0.3) is 0 Å². The van der Waals surface area contributed by atoms with E-state index in [2.05, 4.69) is 0 Å². The number of nitrogens with zero attached hydrogens (tertiary/aromatic N) is 1. The lowest BCUT2D eigenvalue weighted by atomic mass is 10.2. The number of hydrogen-bond acceptors (Lipinski definition) is 3. The Labute approximate surface area is 100 Å². The lowest BCUT2D eigenvalue weighted by Crippen LogP contribution is -2.07. The lowest BCUT2D eigenvalue weighted by Gasteiger charge is -2.11. The van der Waals surface area contributed by atoms with Crippen molar-refractivity contribution in [3.63, 3.8) is 0 Å². The molecule has 0 spiro atoms. The van der Waals surface area contributed by atoms with Crippen molar-refractivity contribution in [1.29, 1.82) is 0 Å². The van der Waals surface area contributed by atoms with Crippen LogP contribution >= 0.6 is 11.8 Å². The van der Waals surface area contributed by atoms with E-state index >= 15 is 0 Å². The van der Waals surface area contributed by atoms with Gasteiger partial charge in [0.15, 0.2) is 0 Å². The molecule has 0 aliphatic carbocycles. The number of alkyl halides is 3. The first-order valence-electron chi connectivity index (χ1n) is 4.84. The third kappa shape index (κ3) is 3.62. The Morgan fingerprint density at radius 3 is 2.53 bits per heavy atom. The van der Waals surface area contributed by atoms with Crippen LogP contribution in [0.2, 0.25) is 0 Å². The molecule has 0 unspecified atom stereocenters. The highest BCUT2D eigenvalue weighted by Crippen LogP contribution is 2.38. The summed E-state index contributed by atoms with van der Waals surface area (Å²) in [5, 5.41) is 10.4. The first-order valence-corrected chi connectivity index (χ1v) is 5.83. The van der Waals surface area contributed by atoms with Gasteiger partial charge in [-0.05, 0) is 18.2 Å². The summed E-state index contributed by atoms with van der Waals surface area (Å²) in [5.74, 6) is 0.543. The number of non-ortho nitro benzene ring substituents is 1. The van der Waals surface area contributed by atoms with Gasteiger partial charge in [0.25, 0.3) is 5.69 Å². The molecule has 0 aliphatic heterocycles. The molecule has 3 nitrogen and oxygen atoms in total. The van der Waals surface area contributed by atoms with Crippen molar-refractivity contribution in [3.05, 3.63) is 33.9 Å². The van der Waals surface area contributed by atoms with Crippen molar-refractivity contribution in [1.82, 2.24) is 0 Å². The summed E-state index contributed by atoms with van der Waals surface area (Å²) in [5.41, 5.74) is -1.48. The van der Waals surface area contributed by atoms with Gasteiger partial charge >= 0.3 is 6.18 Å². The van der Waals surface area contributed by atoms with Gasteiger partial charge in [0, 0.05) is 17.0 Å². The summed E-state index contributed by atoms with van der Waals surface area (Å²) in [6.07, 6.45) is -3.83. The van der Waals surface area contributed by atoms with Gasteiger partial charge in [-0.15, -0.1) is 11.8 Å². The molecular formula is C10H10F3NO2S. The molecule has 0 heterocycles. The van der Waals surface area contributed by atoms with Gasteiger partial charge in [0.2, 0.25) is 0 Å². The monoisotopic (exact) mass is 265 g/mol. The van der Waals surface area contributed by atoms with Crippen LogP contribution in [-0.2, 0) is 6.18 Å². The minimum atomic E-state index is -4.57. The van der Waals surface area contributed by atoms with E-state index in [0.717, 1.165) is 30.3 Å². The summed E-state index contributed by atoms with van der Waals surface area (Å²) in [6, 6.07) is 2.83. The van der Waals surface area contributed by atoms with E-state index in [0.29, 0.717) is 11.8 Å². The number of benzene rings is 1. The zero-order valence-electron chi connectivity index (χ0n) is 8.95. The van der Waals surface area contributed by atoms with Gasteiger partial charge in [0.1, 0.15) is 0 Å². The summed E-state index contributed by atoms with van der Waals surface area (Å²) < 4.78 is 38.0. The highest BCUT2D eigenvalue weighted by Gasteiger charge is 2.35. The first kappa shape index (κ1) is 13.8. The van der Waals surface area contributed by atoms with Gasteiger partial charge in [-0.1, -0.05) is 6.92 Å². The second-order valence-electron chi connectivity index (χ2n) is 3.28. The Balaban J connectivity index is 3.17. The Bertz CT molecular complexity index is 421. The molecule has 0 aromatic heterocycles. The zero-order chi connectivity index (χ0) is 13.1. The summed E-state index contributed by atoms with van der Waals surface area (Å²) in [6.45, 7) is 1.85. The molecule has 1 aromatic rings. The Hall–Kier alpha value is -1.24. The van der Waals surface area contributed by atoms with Crippen LogP contribution < -0.4 is 0 Å². The Morgan fingerprint density at radius 1 is 1.41 bits per heavy atom. The second-order valence-corrected chi connectivity index (χ2v) is 4.42. The van der Waals surface area contributed by atoms with Gasteiger partial charge in [-0.25, -0.2) is 0 Å². The van der Waals surface area contributed by atoms with Crippen molar-refractivity contribution in [2.45, 2.75) is 24.4 Å². The van der Waals surface area contributed by atoms with Gasteiger partial charge in [-0.2, -0.15) is 13.2 Å². The lowest BCUT2D eigenvalue weighted by molar-refractivity contribution is -0.385. The van der Waals surface area contributed by atoms with E-state index in [1.54, 1.807) is 0 Å². The number of thioether (sulfide) groups is 1. The van der Waals surface area contributed by atoms with Crippen molar-refractivity contribution in [2.75, 3.05) is 5.75 Å². The molecular weight excluding hydrogens is 255 g/mol. The third-order valence-corrected chi connectivity index (χ3v) is 3.22. The fourth-order valence-corrected chi connectivity index (χ4v) is 2.11. The summed E-state index contributed by atoms with van der Waals surface area (Å²) in [4.78, 5) is 9.64. The number of halogens is 3. The van der Waals surface area contributed by atoms with Crippen molar-refractivity contribution in [3.8, 4) is 0 Å². The van der Waals surface area contributed by atoms with E-state index in [9.17, 15) is 23.3 Å². The molecule has 0 aliphatic rings. The summed E-state index contributed by atoms with van der Waals surface area (Å²) >= 11 is 1.05. The SMILES string of the molecule is CCCSc1ccc([N+](=O)[O-])cc1C(F)(F)F. The Kier molecular flexibility index (Phi) is 4.39. The molecule has 0 amide bonds. The second kappa shape index (κ2) is 5.39. The van der Waals surface area contributed by atoms with Crippen LogP contribution in [0.15, 0.2) is 23.1 Å². The predicted molar refractivity (Wildman–Crippen MR) is 59.1 cm³/mol. The maximum absolute atomic E-state index is 12.7. The molecule has 7 heteroatoms. The maximum Gasteiger partial charge on any atom is 0.417 e. The third-order valence-electron chi connectivity index (χ3n) is 1.94. The van der Waals surface area contributed by atoms with Gasteiger partial charge < -0.3 is 0 Å². The Morgan fingerprint density at radius 2 is 2.06 bits per heavy atom. The largest absolute Gasteiger partial charge is 0.417 e. The molecule has 0 saturated carbocycles. The maximum atomic E-state index is 12.7. The first-order chi connectivity index (χ1) is 7.86. The highest BCUT2D eigenvalue weighted by molar-refractivity contribution is 7.99. The normalized spacial score (nSPS) is 11.5. The molecule has 17 heavy (non-hydrogen) atoms. The number of hydrogen-bond donors (Lipinski definition) is 0. The van der Waals surface area contributed by atoms with E-state index in [1.807, 2.05) is 6.92 Å². The zero-order valence-corrected chi connectivity index (χ0v) is 9.77. The van der Waals surface area contributed by atoms with Crippen molar-refractivity contribution in [2.24, 2.45) is 0 Å².